The van der Waals surface area contributed by atoms with Crippen LogP contribution in [0.15, 0.2) is 48.5 Å². The van der Waals surface area contributed by atoms with Crippen molar-refractivity contribution in [3.05, 3.63) is 59.7 Å². The Morgan fingerprint density at radius 2 is 1.38 bits per heavy atom. The molecule has 0 N–H and O–H groups in total. The Balaban J connectivity index is 2.18. The summed E-state index contributed by atoms with van der Waals surface area (Å²) in [7, 11) is 0. The van der Waals surface area contributed by atoms with E-state index in [2.05, 4.69) is 45.0 Å². The van der Waals surface area contributed by atoms with Crippen LogP contribution in [-0.2, 0) is 12.0 Å². The first-order chi connectivity index (χ1) is 10.0. The van der Waals surface area contributed by atoms with Gasteiger partial charge in [-0.3, -0.25) is 0 Å². The molecule has 2 nitrogen and oxygen atoms in total. The first-order valence-electron chi connectivity index (χ1n) is 7.45. The zero-order valence-corrected chi connectivity index (χ0v) is 13.3. The van der Waals surface area contributed by atoms with Gasteiger partial charge in [0, 0.05) is 0 Å². The Labute approximate surface area is 127 Å². The van der Waals surface area contributed by atoms with Gasteiger partial charge >= 0.3 is 0 Å². The number of hydrogen-bond donors (Lipinski definition) is 0. The van der Waals surface area contributed by atoms with Gasteiger partial charge in [-0.05, 0) is 35.6 Å². The smallest absolute Gasteiger partial charge is 0.161 e. The van der Waals surface area contributed by atoms with E-state index in [-0.39, 0.29) is 5.41 Å². The van der Waals surface area contributed by atoms with Crippen molar-refractivity contribution in [3.8, 4) is 11.5 Å². The zero-order valence-electron chi connectivity index (χ0n) is 13.3. The van der Waals surface area contributed by atoms with Crippen molar-refractivity contribution in [2.24, 2.45) is 0 Å². The highest BCUT2D eigenvalue weighted by Gasteiger charge is 2.17. The molecule has 2 rings (SSSR count). The van der Waals surface area contributed by atoms with E-state index in [4.69, 9.17) is 9.47 Å². The summed E-state index contributed by atoms with van der Waals surface area (Å²) < 4.78 is 11.6. The first-order valence-corrected chi connectivity index (χ1v) is 7.45. The van der Waals surface area contributed by atoms with Crippen molar-refractivity contribution < 1.29 is 9.47 Å². The van der Waals surface area contributed by atoms with E-state index in [9.17, 15) is 0 Å². The number of benzene rings is 2. The molecule has 2 aromatic rings. The van der Waals surface area contributed by atoms with Crippen LogP contribution in [0.1, 0.15) is 38.8 Å². The van der Waals surface area contributed by atoms with E-state index in [1.54, 1.807) is 0 Å². The summed E-state index contributed by atoms with van der Waals surface area (Å²) in [5.74, 6) is 1.59. The van der Waals surface area contributed by atoms with Gasteiger partial charge in [-0.25, -0.2) is 0 Å². The van der Waals surface area contributed by atoms with Crippen LogP contribution in [-0.4, -0.2) is 6.61 Å². The maximum Gasteiger partial charge on any atom is 0.161 e. The molecule has 0 bridgehead atoms. The van der Waals surface area contributed by atoms with Gasteiger partial charge in [0.1, 0.15) is 6.61 Å². The largest absolute Gasteiger partial charge is 0.490 e. The van der Waals surface area contributed by atoms with Crippen LogP contribution in [0.4, 0.5) is 0 Å². The van der Waals surface area contributed by atoms with E-state index >= 15 is 0 Å². The highest BCUT2D eigenvalue weighted by Crippen LogP contribution is 2.30. The molecule has 0 unspecified atom stereocenters. The Morgan fingerprint density at radius 3 is 2.00 bits per heavy atom. The number of para-hydroxylation sites is 2. The van der Waals surface area contributed by atoms with Crippen LogP contribution < -0.4 is 9.47 Å². The van der Waals surface area contributed by atoms with Gasteiger partial charge < -0.3 is 9.47 Å². The molecule has 0 saturated heterocycles. The van der Waals surface area contributed by atoms with Gasteiger partial charge in [-0.1, -0.05) is 57.2 Å². The summed E-state index contributed by atoms with van der Waals surface area (Å²) >= 11 is 0. The fourth-order valence-corrected chi connectivity index (χ4v) is 2.38. The fraction of sp³-hybridized carbons (Fsp3) is 0.368. The fourth-order valence-electron chi connectivity index (χ4n) is 2.38. The molecule has 0 fully saturated rings. The van der Waals surface area contributed by atoms with Crippen molar-refractivity contribution in [2.45, 2.75) is 39.7 Å². The summed E-state index contributed by atoms with van der Waals surface area (Å²) in [4.78, 5) is 0. The topological polar surface area (TPSA) is 18.5 Å². The average Bonchev–Trinajstić information content (AvgIpc) is 2.46. The maximum absolute atomic E-state index is 5.99. The molecular formula is C19H24O2. The summed E-state index contributed by atoms with van der Waals surface area (Å²) in [5.41, 5.74) is 2.65. The summed E-state index contributed by atoms with van der Waals surface area (Å²) in [6.45, 7) is 9.84. The minimum atomic E-state index is 0.111. The third-order valence-corrected chi connectivity index (χ3v) is 3.36. The van der Waals surface area contributed by atoms with Gasteiger partial charge in [0.15, 0.2) is 11.5 Å². The number of ether oxygens (including phenoxy) is 2. The lowest BCUT2D eigenvalue weighted by atomic mass is 9.84. The van der Waals surface area contributed by atoms with E-state index in [0.717, 1.165) is 11.5 Å². The predicted molar refractivity (Wildman–Crippen MR) is 87.1 cm³/mol. The molecule has 2 heteroatoms. The van der Waals surface area contributed by atoms with Gasteiger partial charge in [0.2, 0.25) is 0 Å². The SMILES string of the molecule is CCOc1ccccc1OCc1ccccc1C(C)(C)C. The predicted octanol–water partition coefficient (Wildman–Crippen LogP) is 4.96. The molecular weight excluding hydrogens is 260 g/mol. The molecule has 112 valence electrons. The quantitative estimate of drug-likeness (QED) is 0.772. The monoisotopic (exact) mass is 284 g/mol. The van der Waals surface area contributed by atoms with E-state index < -0.39 is 0 Å². The van der Waals surface area contributed by atoms with E-state index in [0.29, 0.717) is 13.2 Å². The Kier molecular flexibility index (Phi) is 4.89. The van der Waals surface area contributed by atoms with Crippen molar-refractivity contribution in [1.82, 2.24) is 0 Å². The second-order valence-corrected chi connectivity index (χ2v) is 6.08. The molecule has 2 aromatic carbocycles. The van der Waals surface area contributed by atoms with Crippen molar-refractivity contribution in [3.63, 3.8) is 0 Å². The van der Waals surface area contributed by atoms with Crippen LogP contribution in [0, 0.1) is 0 Å². The summed E-state index contributed by atoms with van der Waals surface area (Å²) in [5, 5.41) is 0. The molecule has 0 aliphatic carbocycles. The zero-order chi connectivity index (χ0) is 15.3. The molecule has 0 atom stereocenters. The minimum absolute atomic E-state index is 0.111. The molecule has 0 aliphatic heterocycles. The first kappa shape index (κ1) is 15.4. The molecule has 0 aromatic heterocycles. The van der Waals surface area contributed by atoms with Gasteiger partial charge in [-0.2, -0.15) is 0 Å². The van der Waals surface area contributed by atoms with Gasteiger partial charge in [-0.15, -0.1) is 0 Å². The van der Waals surface area contributed by atoms with Gasteiger partial charge in [0.05, 0.1) is 6.61 Å². The average molecular weight is 284 g/mol. The molecule has 0 aliphatic rings. The molecule has 0 spiro atoms. The molecule has 21 heavy (non-hydrogen) atoms. The minimum Gasteiger partial charge on any atom is -0.490 e. The van der Waals surface area contributed by atoms with Crippen LogP contribution >= 0.6 is 0 Å². The van der Waals surface area contributed by atoms with Crippen LogP contribution in [0.3, 0.4) is 0 Å². The lowest BCUT2D eigenvalue weighted by Gasteiger charge is -2.23. The van der Waals surface area contributed by atoms with Crippen LogP contribution in [0.25, 0.3) is 0 Å². The Hall–Kier alpha value is -1.96. The standard InChI is InChI=1S/C19H24O2/c1-5-20-17-12-8-9-13-18(17)21-14-15-10-6-7-11-16(15)19(2,3)4/h6-13H,5,14H2,1-4H3. The van der Waals surface area contributed by atoms with Crippen molar-refractivity contribution in [1.29, 1.82) is 0 Å². The molecule has 0 radical (unpaired) electrons. The van der Waals surface area contributed by atoms with Crippen molar-refractivity contribution in [2.75, 3.05) is 6.61 Å². The summed E-state index contributed by atoms with van der Waals surface area (Å²) in [6.07, 6.45) is 0. The number of hydrogen-bond acceptors (Lipinski definition) is 2. The normalized spacial score (nSPS) is 11.2. The molecule has 0 saturated carbocycles. The highest BCUT2D eigenvalue weighted by molar-refractivity contribution is 5.40. The third kappa shape index (κ3) is 4.01. The molecule has 0 heterocycles. The highest BCUT2D eigenvalue weighted by atomic mass is 16.5. The van der Waals surface area contributed by atoms with E-state index in [1.807, 2.05) is 31.2 Å². The molecule has 0 amide bonds. The third-order valence-electron chi connectivity index (χ3n) is 3.36. The Morgan fingerprint density at radius 1 is 0.810 bits per heavy atom. The maximum atomic E-state index is 5.99. The van der Waals surface area contributed by atoms with Crippen LogP contribution in [0.5, 0.6) is 11.5 Å². The summed E-state index contributed by atoms with van der Waals surface area (Å²) in [6, 6.07) is 16.3. The number of rotatable bonds is 5. The van der Waals surface area contributed by atoms with Crippen LogP contribution in [0.2, 0.25) is 0 Å². The van der Waals surface area contributed by atoms with Gasteiger partial charge in [0.25, 0.3) is 0 Å². The van der Waals surface area contributed by atoms with Crippen molar-refractivity contribution >= 4 is 0 Å². The second-order valence-electron chi connectivity index (χ2n) is 6.08. The second kappa shape index (κ2) is 6.66. The Bertz CT molecular complexity index is 582. The lowest BCUT2D eigenvalue weighted by molar-refractivity contribution is 0.267. The van der Waals surface area contributed by atoms with E-state index in [1.165, 1.54) is 11.1 Å². The lowest BCUT2D eigenvalue weighted by Crippen LogP contribution is -2.15.